The number of hydrogen-bond donors (Lipinski definition) is 1. The van der Waals surface area contributed by atoms with Crippen LogP contribution in [0.5, 0.6) is 0 Å². The molecule has 4 heteroatoms. The first-order valence-electron chi connectivity index (χ1n) is 6.79. The molecule has 4 nitrogen and oxygen atoms in total. The molecule has 0 bridgehead atoms. The van der Waals surface area contributed by atoms with Gasteiger partial charge in [-0.2, -0.15) is 5.26 Å². The predicted molar refractivity (Wildman–Crippen MR) is 79.1 cm³/mol. The number of likely N-dealkylation sites (tertiary alicyclic amines) is 1. The molecule has 102 valence electrons. The van der Waals surface area contributed by atoms with Crippen LogP contribution < -0.4 is 10.6 Å². The lowest BCUT2D eigenvalue weighted by Crippen LogP contribution is -2.23. The highest BCUT2D eigenvalue weighted by atomic mass is 15.1. The van der Waals surface area contributed by atoms with Crippen LogP contribution in [0.3, 0.4) is 0 Å². The average Bonchev–Trinajstić information content (AvgIpc) is 2.81. The zero-order valence-electron chi connectivity index (χ0n) is 11.8. The molecular weight excluding hydrogens is 236 g/mol. The lowest BCUT2D eigenvalue weighted by atomic mass is 10.0. The lowest BCUT2D eigenvalue weighted by Gasteiger charge is -2.23. The third-order valence-electron chi connectivity index (χ3n) is 3.93. The molecule has 1 fully saturated rings. The van der Waals surface area contributed by atoms with Crippen LogP contribution >= 0.6 is 0 Å². The second kappa shape index (κ2) is 5.94. The number of hydrogen-bond acceptors (Lipinski definition) is 4. The standard InChI is InChI=1S/C15H22N4/c1-18-7-5-12(11-18)6-8-19(2)15-4-3-13(10-16)9-14(15)17/h3-4,9,12H,5-8,11,17H2,1-2H3. The van der Waals surface area contributed by atoms with Gasteiger partial charge in [0.1, 0.15) is 0 Å². The van der Waals surface area contributed by atoms with Gasteiger partial charge in [0.2, 0.25) is 0 Å². The third kappa shape index (κ3) is 3.39. The van der Waals surface area contributed by atoms with Gasteiger partial charge in [0.15, 0.2) is 0 Å². The van der Waals surface area contributed by atoms with Gasteiger partial charge in [0.25, 0.3) is 0 Å². The third-order valence-corrected chi connectivity index (χ3v) is 3.93. The fourth-order valence-electron chi connectivity index (χ4n) is 2.73. The van der Waals surface area contributed by atoms with Gasteiger partial charge in [0.05, 0.1) is 23.0 Å². The molecule has 0 spiro atoms. The molecule has 2 rings (SSSR count). The Labute approximate surface area is 115 Å². The van der Waals surface area contributed by atoms with Gasteiger partial charge >= 0.3 is 0 Å². The summed E-state index contributed by atoms with van der Waals surface area (Å²) in [5.41, 5.74) is 8.32. The summed E-state index contributed by atoms with van der Waals surface area (Å²) in [5.74, 6) is 0.798. The van der Waals surface area contributed by atoms with E-state index < -0.39 is 0 Å². The molecule has 1 atom stereocenters. The molecule has 0 amide bonds. The Hall–Kier alpha value is -1.73. The van der Waals surface area contributed by atoms with E-state index in [0.717, 1.165) is 18.2 Å². The highest BCUT2D eigenvalue weighted by molar-refractivity contribution is 5.69. The Morgan fingerprint density at radius 1 is 1.53 bits per heavy atom. The summed E-state index contributed by atoms with van der Waals surface area (Å²) in [6, 6.07) is 7.62. The van der Waals surface area contributed by atoms with Gasteiger partial charge in [-0.05, 0) is 50.6 Å². The predicted octanol–water partition coefficient (Wildman–Crippen LogP) is 1.92. The Kier molecular flexibility index (Phi) is 4.28. The van der Waals surface area contributed by atoms with Crippen molar-refractivity contribution in [2.75, 3.05) is 44.4 Å². The fourth-order valence-corrected chi connectivity index (χ4v) is 2.73. The van der Waals surface area contributed by atoms with E-state index >= 15 is 0 Å². The largest absolute Gasteiger partial charge is 0.397 e. The maximum absolute atomic E-state index is 8.84. The summed E-state index contributed by atoms with van der Waals surface area (Å²) in [7, 11) is 4.25. The van der Waals surface area contributed by atoms with E-state index in [-0.39, 0.29) is 0 Å². The highest BCUT2D eigenvalue weighted by Crippen LogP contribution is 2.25. The number of nitrogens with two attached hydrogens (primary N) is 1. The minimum Gasteiger partial charge on any atom is -0.397 e. The quantitative estimate of drug-likeness (QED) is 0.838. The molecule has 1 saturated heterocycles. The zero-order valence-corrected chi connectivity index (χ0v) is 11.8. The summed E-state index contributed by atoms with van der Waals surface area (Å²) >= 11 is 0. The van der Waals surface area contributed by atoms with Gasteiger partial charge in [-0.25, -0.2) is 0 Å². The molecule has 0 aromatic heterocycles. The van der Waals surface area contributed by atoms with E-state index in [9.17, 15) is 0 Å². The summed E-state index contributed by atoms with van der Waals surface area (Å²) in [5, 5.41) is 8.84. The SMILES string of the molecule is CN1CCC(CCN(C)c2ccc(C#N)cc2N)C1. The van der Waals surface area contributed by atoms with Gasteiger partial charge < -0.3 is 15.5 Å². The smallest absolute Gasteiger partial charge is 0.0992 e. The number of rotatable bonds is 4. The van der Waals surface area contributed by atoms with Gasteiger partial charge in [-0.1, -0.05) is 0 Å². The second-order valence-corrected chi connectivity index (χ2v) is 5.51. The van der Waals surface area contributed by atoms with Crippen LogP contribution in [0, 0.1) is 17.2 Å². The average molecular weight is 258 g/mol. The molecular formula is C15H22N4. The number of anilines is 2. The summed E-state index contributed by atoms with van der Waals surface area (Å²) < 4.78 is 0. The first-order valence-corrected chi connectivity index (χ1v) is 6.79. The van der Waals surface area contributed by atoms with Crippen molar-refractivity contribution < 1.29 is 0 Å². The van der Waals surface area contributed by atoms with Crippen molar-refractivity contribution in [3.8, 4) is 6.07 Å². The Morgan fingerprint density at radius 2 is 2.32 bits per heavy atom. The van der Waals surface area contributed by atoms with Gasteiger partial charge in [-0.15, -0.1) is 0 Å². The van der Waals surface area contributed by atoms with Crippen LogP contribution in [-0.4, -0.2) is 38.6 Å². The van der Waals surface area contributed by atoms with E-state index in [2.05, 4.69) is 30.0 Å². The van der Waals surface area contributed by atoms with Crippen LogP contribution in [0.4, 0.5) is 11.4 Å². The van der Waals surface area contributed by atoms with Crippen LogP contribution in [0.2, 0.25) is 0 Å². The van der Waals surface area contributed by atoms with Gasteiger partial charge in [-0.3, -0.25) is 0 Å². The monoisotopic (exact) mass is 258 g/mol. The van der Waals surface area contributed by atoms with Crippen LogP contribution in [0.25, 0.3) is 0 Å². The molecule has 0 radical (unpaired) electrons. The van der Waals surface area contributed by atoms with Crippen molar-refractivity contribution in [2.24, 2.45) is 5.92 Å². The lowest BCUT2D eigenvalue weighted by molar-refractivity contribution is 0.389. The summed E-state index contributed by atoms with van der Waals surface area (Å²) in [6.07, 6.45) is 2.49. The van der Waals surface area contributed by atoms with Crippen molar-refractivity contribution in [1.29, 1.82) is 5.26 Å². The van der Waals surface area contributed by atoms with E-state index in [1.54, 1.807) is 6.07 Å². The molecule has 1 heterocycles. The maximum atomic E-state index is 8.84. The minimum absolute atomic E-state index is 0.618. The van der Waals surface area contributed by atoms with Crippen molar-refractivity contribution in [3.63, 3.8) is 0 Å². The molecule has 1 aromatic rings. The van der Waals surface area contributed by atoms with E-state index in [1.165, 1.54) is 25.9 Å². The topological polar surface area (TPSA) is 56.3 Å². The highest BCUT2D eigenvalue weighted by Gasteiger charge is 2.19. The molecule has 1 aromatic carbocycles. The maximum Gasteiger partial charge on any atom is 0.0992 e. The Balaban J connectivity index is 1.93. The number of nitrogens with zero attached hydrogens (tertiary/aromatic N) is 3. The molecule has 2 N–H and O–H groups in total. The molecule has 1 aliphatic heterocycles. The number of nitriles is 1. The van der Waals surface area contributed by atoms with Gasteiger partial charge in [0, 0.05) is 20.1 Å². The minimum atomic E-state index is 0.618. The molecule has 1 aliphatic rings. The van der Waals surface area contributed by atoms with Crippen molar-refractivity contribution >= 4 is 11.4 Å². The normalized spacial score (nSPS) is 19.3. The Bertz CT molecular complexity index is 478. The molecule has 0 aliphatic carbocycles. The van der Waals surface area contributed by atoms with Crippen molar-refractivity contribution in [2.45, 2.75) is 12.8 Å². The van der Waals surface area contributed by atoms with E-state index in [4.69, 9.17) is 11.0 Å². The molecule has 1 unspecified atom stereocenters. The summed E-state index contributed by atoms with van der Waals surface area (Å²) in [4.78, 5) is 4.58. The fraction of sp³-hybridized carbons (Fsp3) is 0.533. The zero-order chi connectivity index (χ0) is 13.8. The number of nitrogen functional groups attached to an aromatic ring is 1. The van der Waals surface area contributed by atoms with Crippen molar-refractivity contribution in [1.82, 2.24) is 4.90 Å². The Morgan fingerprint density at radius 3 is 2.89 bits per heavy atom. The van der Waals surface area contributed by atoms with Crippen LogP contribution in [-0.2, 0) is 0 Å². The first kappa shape index (κ1) is 13.7. The second-order valence-electron chi connectivity index (χ2n) is 5.51. The first-order chi connectivity index (χ1) is 9.10. The molecule has 0 saturated carbocycles. The van der Waals surface area contributed by atoms with E-state index in [1.807, 2.05) is 12.1 Å². The number of benzene rings is 1. The molecule has 19 heavy (non-hydrogen) atoms. The van der Waals surface area contributed by atoms with Crippen molar-refractivity contribution in [3.05, 3.63) is 23.8 Å². The summed E-state index contributed by atoms with van der Waals surface area (Å²) in [6.45, 7) is 3.43. The van der Waals surface area contributed by atoms with Crippen LogP contribution in [0.15, 0.2) is 18.2 Å². The van der Waals surface area contributed by atoms with E-state index in [0.29, 0.717) is 11.3 Å². The van der Waals surface area contributed by atoms with Crippen LogP contribution in [0.1, 0.15) is 18.4 Å².